The summed E-state index contributed by atoms with van der Waals surface area (Å²) in [4.78, 5) is 4.89. The van der Waals surface area contributed by atoms with Crippen LogP contribution in [0.1, 0.15) is 11.1 Å². The van der Waals surface area contributed by atoms with E-state index >= 15 is 0 Å². The highest BCUT2D eigenvalue weighted by Gasteiger charge is 2.32. The first-order chi connectivity index (χ1) is 9.22. The van der Waals surface area contributed by atoms with E-state index in [1.807, 2.05) is 19.1 Å². The molecule has 0 amide bonds. The topological polar surface area (TPSA) is 18.5 Å². The molecule has 0 aromatic heterocycles. The summed E-state index contributed by atoms with van der Waals surface area (Å²) in [6.45, 7) is 9.42. The summed E-state index contributed by atoms with van der Waals surface area (Å²) in [5.41, 5.74) is 1.97. The van der Waals surface area contributed by atoms with Crippen LogP contribution < -0.4 is 5.32 Å². The van der Waals surface area contributed by atoms with Gasteiger partial charge in [0.05, 0.1) is 0 Å². The smallest absolute Gasteiger partial charge is 0.127 e. The number of nitrogens with zero attached hydrogens (tertiary/aromatic N) is 2. The minimum Gasteiger partial charge on any atom is -0.314 e. The van der Waals surface area contributed by atoms with Crippen molar-refractivity contribution in [2.45, 2.75) is 19.5 Å². The Labute approximate surface area is 114 Å². The van der Waals surface area contributed by atoms with Gasteiger partial charge >= 0.3 is 0 Å². The quantitative estimate of drug-likeness (QED) is 0.885. The predicted molar refractivity (Wildman–Crippen MR) is 74.6 cm³/mol. The summed E-state index contributed by atoms with van der Waals surface area (Å²) < 4.78 is 13.7. The van der Waals surface area contributed by atoms with E-state index in [4.69, 9.17) is 0 Å². The van der Waals surface area contributed by atoms with Gasteiger partial charge in [-0.2, -0.15) is 0 Å². The average Bonchev–Trinajstić information content (AvgIpc) is 2.38. The number of piperazine rings is 1. The Kier molecular flexibility index (Phi) is 3.82. The molecule has 1 N–H and O–H groups in total. The monoisotopic (exact) mass is 263 g/mol. The number of likely N-dealkylation sites (tertiary alicyclic amines) is 1. The highest BCUT2D eigenvalue weighted by Crippen LogP contribution is 2.20. The standard InChI is InChI=1S/C15H22FN3/c1-12-2-3-15(16)13(8-12)9-18-10-14(11-18)19-6-4-17-5-7-19/h2-3,8,14,17H,4-7,9-11H2,1H3. The number of rotatable bonds is 3. The van der Waals surface area contributed by atoms with Crippen molar-refractivity contribution in [3.8, 4) is 0 Å². The zero-order valence-electron chi connectivity index (χ0n) is 11.5. The van der Waals surface area contributed by atoms with E-state index in [9.17, 15) is 4.39 Å². The normalized spacial score (nSPS) is 22.4. The van der Waals surface area contributed by atoms with Gasteiger partial charge in [-0.25, -0.2) is 4.39 Å². The highest BCUT2D eigenvalue weighted by molar-refractivity contribution is 5.24. The van der Waals surface area contributed by atoms with Crippen LogP contribution in [0.25, 0.3) is 0 Å². The van der Waals surface area contributed by atoms with Crippen molar-refractivity contribution in [2.24, 2.45) is 0 Å². The van der Waals surface area contributed by atoms with E-state index in [1.54, 1.807) is 6.07 Å². The maximum absolute atomic E-state index is 13.7. The summed E-state index contributed by atoms with van der Waals surface area (Å²) in [5.74, 6) is -0.0729. The third-order valence-corrected chi connectivity index (χ3v) is 4.20. The van der Waals surface area contributed by atoms with Gasteiger partial charge in [0.15, 0.2) is 0 Å². The van der Waals surface area contributed by atoms with Crippen LogP contribution in [0, 0.1) is 12.7 Å². The van der Waals surface area contributed by atoms with Crippen LogP contribution >= 0.6 is 0 Å². The minimum absolute atomic E-state index is 0.0729. The molecule has 2 aliphatic rings. The fourth-order valence-electron chi connectivity index (χ4n) is 3.02. The lowest BCUT2D eigenvalue weighted by Crippen LogP contribution is -2.62. The van der Waals surface area contributed by atoms with E-state index in [2.05, 4.69) is 15.1 Å². The Balaban J connectivity index is 1.52. The van der Waals surface area contributed by atoms with Crippen LogP contribution in [-0.4, -0.2) is 55.1 Å². The van der Waals surface area contributed by atoms with Crippen molar-refractivity contribution in [2.75, 3.05) is 39.3 Å². The molecular weight excluding hydrogens is 241 g/mol. The summed E-state index contributed by atoms with van der Waals surface area (Å²) in [6.07, 6.45) is 0. The third-order valence-electron chi connectivity index (χ3n) is 4.20. The Bertz CT molecular complexity index is 437. The van der Waals surface area contributed by atoms with Crippen molar-refractivity contribution in [1.29, 1.82) is 0 Å². The molecule has 0 saturated carbocycles. The summed E-state index contributed by atoms with van der Waals surface area (Å²) in [7, 11) is 0. The van der Waals surface area contributed by atoms with Gasteiger partial charge in [-0.05, 0) is 13.0 Å². The van der Waals surface area contributed by atoms with E-state index < -0.39 is 0 Å². The maximum Gasteiger partial charge on any atom is 0.127 e. The second-order valence-corrected chi connectivity index (χ2v) is 5.73. The number of aryl methyl sites for hydroxylation is 1. The van der Waals surface area contributed by atoms with Gasteiger partial charge in [-0.15, -0.1) is 0 Å². The molecule has 104 valence electrons. The number of hydrogen-bond acceptors (Lipinski definition) is 3. The third kappa shape index (κ3) is 2.96. The fraction of sp³-hybridized carbons (Fsp3) is 0.600. The molecule has 4 heteroatoms. The lowest BCUT2D eigenvalue weighted by atomic mass is 10.0. The van der Waals surface area contributed by atoms with Crippen LogP contribution in [0.5, 0.6) is 0 Å². The molecule has 0 radical (unpaired) electrons. The largest absolute Gasteiger partial charge is 0.314 e. The second-order valence-electron chi connectivity index (χ2n) is 5.73. The summed E-state index contributed by atoms with van der Waals surface area (Å²) in [5, 5.41) is 3.38. The minimum atomic E-state index is -0.0729. The first-order valence-electron chi connectivity index (χ1n) is 7.14. The van der Waals surface area contributed by atoms with Gasteiger partial charge in [0.25, 0.3) is 0 Å². The zero-order chi connectivity index (χ0) is 13.2. The number of benzene rings is 1. The second kappa shape index (κ2) is 5.57. The van der Waals surface area contributed by atoms with Gasteiger partial charge in [-0.1, -0.05) is 17.7 Å². The van der Waals surface area contributed by atoms with Crippen LogP contribution in [0.15, 0.2) is 18.2 Å². The molecule has 0 atom stereocenters. The molecule has 1 aromatic carbocycles. The molecule has 3 rings (SSSR count). The predicted octanol–water partition coefficient (Wildman–Crippen LogP) is 1.22. The Morgan fingerprint density at radius 1 is 1.26 bits per heavy atom. The molecule has 1 aromatic rings. The van der Waals surface area contributed by atoms with Crippen molar-refractivity contribution in [1.82, 2.24) is 15.1 Å². The number of hydrogen-bond donors (Lipinski definition) is 1. The summed E-state index contributed by atoms with van der Waals surface area (Å²) >= 11 is 0. The molecule has 0 aliphatic carbocycles. The Morgan fingerprint density at radius 2 is 2.00 bits per heavy atom. The molecule has 19 heavy (non-hydrogen) atoms. The molecule has 0 bridgehead atoms. The van der Waals surface area contributed by atoms with E-state index in [0.29, 0.717) is 6.04 Å². The SMILES string of the molecule is Cc1ccc(F)c(CN2CC(N3CCNCC3)C2)c1. The molecule has 2 heterocycles. The van der Waals surface area contributed by atoms with Crippen molar-refractivity contribution in [3.05, 3.63) is 35.1 Å². The summed E-state index contributed by atoms with van der Waals surface area (Å²) in [6, 6.07) is 6.06. The van der Waals surface area contributed by atoms with E-state index in [0.717, 1.165) is 56.9 Å². The number of nitrogens with one attached hydrogen (secondary N) is 1. The van der Waals surface area contributed by atoms with Crippen molar-refractivity contribution in [3.63, 3.8) is 0 Å². The van der Waals surface area contributed by atoms with Crippen LogP contribution in [0.2, 0.25) is 0 Å². The van der Waals surface area contributed by atoms with Gasteiger partial charge in [-0.3, -0.25) is 9.80 Å². The first-order valence-corrected chi connectivity index (χ1v) is 7.14. The van der Waals surface area contributed by atoms with Crippen LogP contribution in [0.4, 0.5) is 4.39 Å². The van der Waals surface area contributed by atoms with Gasteiger partial charge < -0.3 is 5.32 Å². The van der Waals surface area contributed by atoms with Crippen molar-refractivity contribution < 1.29 is 4.39 Å². The van der Waals surface area contributed by atoms with Crippen molar-refractivity contribution >= 4 is 0 Å². The van der Waals surface area contributed by atoms with Gasteiger partial charge in [0, 0.05) is 57.4 Å². The number of halogens is 1. The molecule has 3 nitrogen and oxygen atoms in total. The Hall–Kier alpha value is -0.970. The lowest BCUT2D eigenvalue weighted by molar-refractivity contribution is 0.0217. The van der Waals surface area contributed by atoms with Gasteiger partial charge in [0.1, 0.15) is 5.82 Å². The molecule has 2 saturated heterocycles. The average molecular weight is 263 g/mol. The zero-order valence-corrected chi connectivity index (χ0v) is 11.5. The Morgan fingerprint density at radius 3 is 2.74 bits per heavy atom. The van der Waals surface area contributed by atoms with Crippen LogP contribution in [0.3, 0.4) is 0 Å². The fourth-order valence-corrected chi connectivity index (χ4v) is 3.02. The molecule has 2 fully saturated rings. The van der Waals surface area contributed by atoms with E-state index in [-0.39, 0.29) is 5.82 Å². The molecular formula is C15H22FN3. The lowest BCUT2D eigenvalue weighted by Gasteiger charge is -2.47. The van der Waals surface area contributed by atoms with Gasteiger partial charge in [0.2, 0.25) is 0 Å². The van der Waals surface area contributed by atoms with E-state index in [1.165, 1.54) is 0 Å². The first kappa shape index (κ1) is 13.0. The molecule has 0 unspecified atom stereocenters. The maximum atomic E-state index is 13.7. The van der Waals surface area contributed by atoms with Crippen LogP contribution in [-0.2, 0) is 6.54 Å². The molecule has 2 aliphatic heterocycles. The highest BCUT2D eigenvalue weighted by atomic mass is 19.1. The molecule has 0 spiro atoms.